The average molecular weight is 269 g/mol. The lowest BCUT2D eigenvalue weighted by Crippen LogP contribution is -2.14. The molecule has 2 aromatic rings. The van der Waals surface area contributed by atoms with Crippen molar-refractivity contribution in [2.24, 2.45) is 0 Å². The van der Waals surface area contributed by atoms with Gasteiger partial charge in [0.1, 0.15) is 10.0 Å². The van der Waals surface area contributed by atoms with Crippen LogP contribution in [0.4, 0.5) is 8.78 Å². The van der Waals surface area contributed by atoms with Gasteiger partial charge < -0.3 is 5.32 Å². The summed E-state index contributed by atoms with van der Waals surface area (Å²) in [6.45, 7) is 2.04. The van der Waals surface area contributed by atoms with Crippen LogP contribution in [0.1, 0.15) is 24.4 Å². The Hall–Kier alpha value is -1.40. The number of rotatable bonds is 4. The van der Waals surface area contributed by atoms with Gasteiger partial charge in [-0.3, -0.25) is 0 Å². The Bertz CT molecular complexity index is 538. The van der Waals surface area contributed by atoms with Crippen LogP contribution in [-0.4, -0.2) is 17.2 Å². The molecule has 1 heterocycles. The molecule has 0 aliphatic rings. The lowest BCUT2D eigenvalue weighted by molar-refractivity contribution is 0.509. The van der Waals surface area contributed by atoms with Crippen LogP contribution in [0.5, 0.6) is 0 Å². The summed E-state index contributed by atoms with van der Waals surface area (Å²) in [6.07, 6.45) is 0.892. The van der Waals surface area contributed by atoms with E-state index in [1.165, 1.54) is 17.4 Å². The first-order chi connectivity index (χ1) is 8.65. The van der Waals surface area contributed by atoms with E-state index in [1.54, 1.807) is 0 Å². The zero-order chi connectivity index (χ0) is 13.1. The van der Waals surface area contributed by atoms with Crippen LogP contribution in [0, 0.1) is 11.6 Å². The molecule has 1 N–H and O–H groups in total. The maximum Gasteiger partial charge on any atom is 0.159 e. The fourth-order valence-corrected chi connectivity index (χ4v) is 2.66. The van der Waals surface area contributed by atoms with Crippen LogP contribution < -0.4 is 5.32 Å². The Kier molecular flexibility index (Phi) is 3.98. The van der Waals surface area contributed by atoms with E-state index in [-0.39, 0.29) is 6.04 Å². The molecule has 0 saturated heterocycles. The average Bonchev–Trinajstić information content (AvgIpc) is 2.84. The van der Waals surface area contributed by atoms with Crippen LogP contribution in [0.25, 0.3) is 10.6 Å². The Balaban J connectivity index is 2.31. The molecule has 1 atom stereocenters. The first kappa shape index (κ1) is 13.0. The van der Waals surface area contributed by atoms with Crippen molar-refractivity contribution < 1.29 is 8.78 Å². The smallest absolute Gasteiger partial charge is 0.159 e. The van der Waals surface area contributed by atoms with Gasteiger partial charge in [0, 0.05) is 5.56 Å². The highest BCUT2D eigenvalue weighted by Gasteiger charge is 2.14. The molecule has 0 radical (unpaired) electrons. The summed E-state index contributed by atoms with van der Waals surface area (Å²) in [4.78, 5) is 0. The minimum absolute atomic E-state index is 0.140. The van der Waals surface area contributed by atoms with Crippen molar-refractivity contribution in [2.75, 3.05) is 7.05 Å². The van der Waals surface area contributed by atoms with Gasteiger partial charge in [0.05, 0.1) is 6.04 Å². The number of nitrogens with zero attached hydrogens (tertiary/aromatic N) is 2. The molecule has 0 fully saturated rings. The Labute approximate surface area is 108 Å². The molecule has 2 rings (SSSR count). The fourth-order valence-electron chi connectivity index (χ4n) is 1.62. The molecule has 0 spiro atoms. The van der Waals surface area contributed by atoms with Gasteiger partial charge >= 0.3 is 0 Å². The van der Waals surface area contributed by atoms with Crippen molar-refractivity contribution >= 4 is 11.3 Å². The van der Waals surface area contributed by atoms with E-state index in [0.717, 1.165) is 23.6 Å². The Morgan fingerprint density at radius 2 is 2.06 bits per heavy atom. The Morgan fingerprint density at radius 1 is 1.28 bits per heavy atom. The highest BCUT2D eigenvalue weighted by molar-refractivity contribution is 7.14. The summed E-state index contributed by atoms with van der Waals surface area (Å²) in [6, 6.07) is 3.88. The first-order valence-corrected chi connectivity index (χ1v) is 6.43. The largest absolute Gasteiger partial charge is 0.311 e. The zero-order valence-corrected chi connectivity index (χ0v) is 10.9. The maximum atomic E-state index is 13.1. The molecule has 0 saturated carbocycles. The molecule has 0 aliphatic carbocycles. The van der Waals surface area contributed by atoms with Gasteiger partial charge in [-0.1, -0.05) is 18.3 Å². The van der Waals surface area contributed by atoms with Gasteiger partial charge in [0.25, 0.3) is 0 Å². The first-order valence-electron chi connectivity index (χ1n) is 5.61. The molecule has 0 aliphatic heterocycles. The molecule has 1 aromatic heterocycles. The SMILES string of the molecule is CCC(NC)c1nnc(-c2ccc(F)c(F)c2)s1. The summed E-state index contributed by atoms with van der Waals surface area (Å²) in [5.74, 6) is -1.73. The van der Waals surface area contributed by atoms with Gasteiger partial charge in [-0.2, -0.15) is 0 Å². The van der Waals surface area contributed by atoms with Gasteiger partial charge in [-0.25, -0.2) is 8.78 Å². The summed E-state index contributed by atoms with van der Waals surface area (Å²) < 4.78 is 26.0. The number of hydrogen-bond donors (Lipinski definition) is 1. The normalized spacial score (nSPS) is 12.7. The van der Waals surface area contributed by atoms with E-state index < -0.39 is 11.6 Å². The van der Waals surface area contributed by atoms with Gasteiger partial charge in [-0.05, 0) is 31.7 Å². The van der Waals surface area contributed by atoms with E-state index in [1.807, 2.05) is 14.0 Å². The highest BCUT2D eigenvalue weighted by atomic mass is 32.1. The third-order valence-corrected chi connectivity index (χ3v) is 3.75. The molecule has 6 heteroatoms. The predicted octanol–water partition coefficient (Wildman–Crippen LogP) is 3.15. The van der Waals surface area contributed by atoms with Crippen LogP contribution in [0.3, 0.4) is 0 Å². The number of nitrogens with one attached hydrogen (secondary N) is 1. The second-order valence-corrected chi connectivity index (χ2v) is 4.83. The van der Waals surface area contributed by atoms with Crippen molar-refractivity contribution in [2.45, 2.75) is 19.4 Å². The summed E-state index contributed by atoms with van der Waals surface area (Å²) in [5.41, 5.74) is 0.545. The van der Waals surface area contributed by atoms with Gasteiger partial charge in [0.2, 0.25) is 0 Å². The number of aromatic nitrogens is 2. The highest BCUT2D eigenvalue weighted by Crippen LogP contribution is 2.28. The minimum Gasteiger partial charge on any atom is -0.311 e. The van der Waals surface area contributed by atoms with E-state index in [2.05, 4.69) is 15.5 Å². The molecular weight excluding hydrogens is 256 g/mol. The molecule has 1 unspecified atom stereocenters. The molecule has 3 nitrogen and oxygen atoms in total. The van der Waals surface area contributed by atoms with E-state index >= 15 is 0 Å². The topological polar surface area (TPSA) is 37.8 Å². The van der Waals surface area contributed by atoms with Crippen LogP contribution in [0.2, 0.25) is 0 Å². The Morgan fingerprint density at radius 3 is 2.67 bits per heavy atom. The van der Waals surface area contributed by atoms with Crippen molar-refractivity contribution in [3.8, 4) is 10.6 Å². The van der Waals surface area contributed by atoms with Crippen molar-refractivity contribution in [3.05, 3.63) is 34.8 Å². The maximum absolute atomic E-state index is 13.1. The molecular formula is C12H13F2N3S. The number of hydrogen-bond acceptors (Lipinski definition) is 4. The van der Waals surface area contributed by atoms with Gasteiger partial charge in [-0.15, -0.1) is 10.2 Å². The molecule has 0 amide bonds. The third-order valence-electron chi connectivity index (χ3n) is 2.66. The molecule has 18 heavy (non-hydrogen) atoms. The lowest BCUT2D eigenvalue weighted by Gasteiger charge is -2.07. The predicted molar refractivity (Wildman–Crippen MR) is 67.4 cm³/mol. The quantitative estimate of drug-likeness (QED) is 0.926. The standard InChI is InChI=1S/C12H13F2N3S/c1-3-10(15-2)12-17-16-11(18-12)7-4-5-8(13)9(14)6-7/h4-6,10,15H,3H2,1-2H3. The molecule has 0 bridgehead atoms. The summed E-state index contributed by atoms with van der Waals surface area (Å²) >= 11 is 1.38. The summed E-state index contributed by atoms with van der Waals surface area (Å²) in [7, 11) is 1.85. The third kappa shape index (κ3) is 2.54. The van der Waals surface area contributed by atoms with Crippen LogP contribution in [0.15, 0.2) is 18.2 Å². The fraction of sp³-hybridized carbons (Fsp3) is 0.333. The van der Waals surface area contributed by atoms with E-state index in [9.17, 15) is 8.78 Å². The monoisotopic (exact) mass is 269 g/mol. The summed E-state index contributed by atoms with van der Waals surface area (Å²) in [5, 5.41) is 12.7. The van der Waals surface area contributed by atoms with Crippen molar-refractivity contribution in [1.29, 1.82) is 0 Å². The van der Waals surface area contributed by atoms with E-state index in [4.69, 9.17) is 0 Å². The van der Waals surface area contributed by atoms with Crippen molar-refractivity contribution in [1.82, 2.24) is 15.5 Å². The molecule has 96 valence electrons. The van der Waals surface area contributed by atoms with Crippen molar-refractivity contribution in [3.63, 3.8) is 0 Å². The zero-order valence-electron chi connectivity index (χ0n) is 10.1. The van der Waals surface area contributed by atoms with Gasteiger partial charge in [0.15, 0.2) is 11.6 Å². The number of benzene rings is 1. The molecule has 1 aromatic carbocycles. The number of halogens is 2. The van der Waals surface area contributed by atoms with Crippen LogP contribution >= 0.6 is 11.3 Å². The lowest BCUT2D eigenvalue weighted by atomic mass is 10.2. The van der Waals surface area contributed by atoms with Crippen LogP contribution in [-0.2, 0) is 0 Å². The second-order valence-electron chi connectivity index (χ2n) is 3.82. The van der Waals surface area contributed by atoms with E-state index in [0.29, 0.717) is 10.6 Å². The minimum atomic E-state index is -0.870. The second kappa shape index (κ2) is 5.49.